The fourth-order valence-corrected chi connectivity index (χ4v) is 3.11. The Balaban J connectivity index is 2.63. The smallest absolute Gasteiger partial charge is 0.139 e. The quantitative estimate of drug-likeness (QED) is 0.672. The van der Waals surface area contributed by atoms with Gasteiger partial charge in [-0.25, -0.2) is 0 Å². The second kappa shape index (κ2) is 5.12. The van der Waals surface area contributed by atoms with E-state index in [0.717, 1.165) is 25.7 Å². The number of carbonyl (C=O) groups is 1. The van der Waals surface area contributed by atoms with Gasteiger partial charge in [0, 0.05) is 11.8 Å². The molecule has 1 saturated carbocycles. The van der Waals surface area contributed by atoms with E-state index in [1.165, 1.54) is 6.42 Å². The van der Waals surface area contributed by atoms with E-state index in [0.29, 0.717) is 17.6 Å². The molecule has 0 bridgehead atoms. The van der Waals surface area contributed by atoms with Crippen molar-refractivity contribution in [1.29, 1.82) is 0 Å². The Hall–Kier alpha value is -0.330. The third-order valence-corrected chi connectivity index (χ3v) is 3.63. The summed E-state index contributed by atoms with van der Waals surface area (Å²) in [7, 11) is 0. The van der Waals surface area contributed by atoms with Gasteiger partial charge in [-0.2, -0.15) is 0 Å². The molecule has 0 radical (unpaired) electrons. The van der Waals surface area contributed by atoms with E-state index in [1.807, 2.05) is 0 Å². The van der Waals surface area contributed by atoms with Crippen molar-refractivity contribution in [1.82, 2.24) is 0 Å². The van der Waals surface area contributed by atoms with Crippen molar-refractivity contribution in [2.45, 2.75) is 73.6 Å². The van der Waals surface area contributed by atoms with Crippen molar-refractivity contribution in [2.75, 3.05) is 0 Å². The Kier molecular flexibility index (Phi) is 4.43. The normalized spacial score (nSPS) is 27.3. The molecule has 1 rings (SSSR count). The highest BCUT2D eigenvalue weighted by Crippen LogP contribution is 2.38. The molecule has 0 saturated heterocycles. The molecule has 1 aliphatic rings. The van der Waals surface area contributed by atoms with Gasteiger partial charge in [-0.05, 0) is 36.5 Å². The summed E-state index contributed by atoms with van der Waals surface area (Å²) >= 11 is 0. The monoisotopic (exact) mass is 238 g/mol. The third kappa shape index (κ3) is 5.23. The topological polar surface area (TPSA) is 17.1 Å². The van der Waals surface area contributed by atoms with Crippen LogP contribution in [0.3, 0.4) is 0 Å². The summed E-state index contributed by atoms with van der Waals surface area (Å²) in [4.78, 5) is 12.5. The van der Waals surface area contributed by atoms with Gasteiger partial charge in [0.1, 0.15) is 5.78 Å². The molecule has 0 aromatic rings. The Morgan fingerprint density at radius 2 is 1.24 bits per heavy atom. The molecule has 0 N–H and O–H groups in total. The summed E-state index contributed by atoms with van der Waals surface area (Å²) in [6, 6.07) is 0. The van der Waals surface area contributed by atoms with Gasteiger partial charge in [0.25, 0.3) is 0 Å². The van der Waals surface area contributed by atoms with Crippen LogP contribution in [0.25, 0.3) is 0 Å². The maximum atomic E-state index is 12.5. The van der Waals surface area contributed by atoms with E-state index in [2.05, 4.69) is 41.5 Å². The molecule has 0 aliphatic heterocycles. The molecule has 100 valence electrons. The molecular weight excluding hydrogens is 208 g/mol. The first-order valence-corrected chi connectivity index (χ1v) is 7.12. The lowest BCUT2D eigenvalue weighted by Crippen LogP contribution is -2.33. The third-order valence-electron chi connectivity index (χ3n) is 3.63. The molecule has 2 unspecified atom stereocenters. The largest absolute Gasteiger partial charge is 0.299 e. The lowest BCUT2D eigenvalue weighted by molar-refractivity contribution is -0.131. The number of ketones is 1. The summed E-state index contributed by atoms with van der Waals surface area (Å²) in [5.74, 6) is 1.22. The summed E-state index contributed by atoms with van der Waals surface area (Å²) in [6.07, 6.45) is 5.61. The molecule has 0 amide bonds. The minimum absolute atomic E-state index is 0.282. The minimum Gasteiger partial charge on any atom is -0.299 e. The molecule has 0 aromatic carbocycles. The summed E-state index contributed by atoms with van der Waals surface area (Å²) in [6.45, 7) is 13.5. The van der Waals surface area contributed by atoms with Crippen LogP contribution in [0, 0.1) is 22.7 Å². The van der Waals surface area contributed by atoms with Crippen molar-refractivity contribution >= 4 is 5.78 Å². The molecule has 0 heterocycles. The predicted octanol–water partition coefficient (Wildman–Crippen LogP) is 4.84. The van der Waals surface area contributed by atoms with Gasteiger partial charge in [-0.15, -0.1) is 0 Å². The fraction of sp³-hybridized carbons (Fsp3) is 0.938. The van der Waals surface area contributed by atoms with Gasteiger partial charge in [0.2, 0.25) is 0 Å². The lowest BCUT2D eigenvalue weighted by Gasteiger charge is -2.34. The molecule has 2 atom stereocenters. The van der Waals surface area contributed by atoms with Crippen LogP contribution in [-0.4, -0.2) is 5.78 Å². The zero-order valence-electron chi connectivity index (χ0n) is 12.6. The van der Waals surface area contributed by atoms with Crippen LogP contribution in [0.4, 0.5) is 0 Å². The summed E-state index contributed by atoms with van der Waals surface area (Å²) in [5, 5.41) is 0. The van der Waals surface area contributed by atoms with E-state index in [4.69, 9.17) is 0 Å². The molecule has 1 aliphatic carbocycles. The van der Waals surface area contributed by atoms with Crippen LogP contribution in [0.1, 0.15) is 73.6 Å². The van der Waals surface area contributed by atoms with Crippen LogP contribution in [0.5, 0.6) is 0 Å². The average molecular weight is 238 g/mol. The fourth-order valence-electron chi connectivity index (χ4n) is 3.11. The van der Waals surface area contributed by atoms with Gasteiger partial charge in [0.15, 0.2) is 0 Å². The SMILES string of the molecule is CC(C)(C)CC1CCCC(CC(C)(C)C)C1=O. The zero-order chi connectivity index (χ0) is 13.3. The maximum Gasteiger partial charge on any atom is 0.139 e. The first-order chi connectivity index (χ1) is 7.58. The number of rotatable bonds is 2. The molecule has 0 spiro atoms. The van der Waals surface area contributed by atoms with Crippen molar-refractivity contribution < 1.29 is 4.79 Å². The van der Waals surface area contributed by atoms with E-state index in [-0.39, 0.29) is 10.8 Å². The van der Waals surface area contributed by atoms with Gasteiger partial charge in [-0.1, -0.05) is 48.0 Å². The van der Waals surface area contributed by atoms with Crippen molar-refractivity contribution in [3.63, 3.8) is 0 Å². The van der Waals surface area contributed by atoms with Gasteiger partial charge >= 0.3 is 0 Å². The van der Waals surface area contributed by atoms with E-state index < -0.39 is 0 Å². The molecule has 17 heavy (non-hydrogen) atoms. The Labute approximate surface area is 107 Å². The highest BCUT2D eigenvalue weighted by Gasteiger charge is 2.35. The highest BCUT2D eigenvalue weighted by molar-refractivity contribution is 5.84. The molecule has 1 nitrogen and oxygen atoms in total. The first-order valence-electron chi connectivity index (χ1n) is 7.12. The van der Waals surface area contributed by atoms with Gasteiger partial charge in [0.05, 0.1) is 0 Å². The van der Waals surface area contributed by atoms with Crippen molar-refractivity contribution in [2.24, 2.45) is 22.7 Å². The average Bonchev–Trinajstić information content (AvgIpc) is 2.07. The van der Waals surface area contributed by atoms with Crippen molar-refractivity contribution in [3.05, 3.63) is 0 Å². The van der Waals surface area contributed by atoms with Crippen LogP contribution in [0.15, 0.2) is 0 Å². The van der Waals surface area contributed by atoms with Crippen molar-refractivity contribution in [3.8, 4) is 0 Å². The molecule has 1 heteroatoms. The summed E-state index contributed by atoms with van der Waals surface area (Å²) < 4.78 is 0. The number of hydrogen-bond acceptors (Lipinski definition) is 1. The molecular formula is C16H30O. The van der Waals surface area contributed by atoms with Gasteiger partial charge < -0.3 is 0 Å². The summed E-state index contributed by atoms with van der Waals surface area (Å²) in [5.41, 5.74) is 0.563. The standard InChI is InChI=1S/C16H30O/c1-15(2,3)10-12-8-7-9-13(14(12)17)11-16(4,5)6/h12-13H,7-11H2,1-6H3. The number of Topliss-reactive ketones (excluding diaryl/α,β-unsaturated/α-hetero) is 1. The van der Waals surface area contributed by atoms with Gasteiger partial charge in [-0.3, -0.25) is 4.79 Å². The molecule has 1 fully saturated rings. The highest BCUT2D eigenvalue weighted by atomic mass is 16.1. The Morgan fingerprint density at radius 3 is 1.53 bits per heavy atom. The minimum atomic E-state index is 0.282. The second-order valence-electron chi connectivity index (χ2n) is 8.26. The zero-order valence-corrected chi connectivity index (χ0v) is 12.6. The Morgan fingerprint density at radius 1 is 0.882 bits per heavy atom. The Bertz CT molecular complexity index is 238. The predicted molar refractivity (Wildman–Crippen MR) is 74.0 cm³/mol. The lowest BCUT2D eigenvalue weighted by atomic mass is 9.69. The van der Waals surface area contributed by atoms with Crippen LogP contribution in [0.2, 0.25) is 0 Å². The van der Waals surface area contributed by atoms with Crippen LogP contribution < -0.4 is 0 Å². The molecule has 0 aromatic heterocycles. The van der Waals surface area contributed by atoms with Crippen LogP contribution >= 0.6 is 0 Å². The number of carbonyl (C=O) groups excluding carboxylic acids is 1. The van der Waals surface area contributed by atoms with E-state index in [9.17, 15) is 4.79 Å². The second-order valence-corrected chi connectivity index (χ2v) is 8.26. The van der Waals surface area contributed by atoms with Crippen LogP contribution in [-0.2, 0) is 4.79 Å². The van der Waals surface area contributed by atoms with E-state index >= 15 is 0 Å². The number of hydrogen-bond donors (Lipinski definition) is 0. The maximum absolute atomic E-state index is 12.5. The first kappa shape index (κ1) is 14.7. The van der Waals surface area contributed by atoms with E-state index in [1.54, 1.807) is 0 Å².